The Hall–Kier alpha value is -2.14. The fourth-order valence-corrected chi connectivity index (χ4v) is 3.28. The van der Waals surface area contributed by atoms with Gasteiger partial charge in [-0.25, -0.2) is 5.01 Å². The summed E-state index contributed by atoms with van der Waals surface area (Å²) < 4.78 is 6.48. The molecule has 0 saturated heterocycles. The van der Waals surface area contributed by atoms with Crippen LogP contribution in [-0.4, -0.2) is 23.2 Å². The molecule has 1 heterocycles. The van der Waals surface area contributed by atoms with Crippen LogP contribution in [0.4, 0.5) is 0 Å². The van der Waals surface area contributed by atoms with E-state index in [0.717, 1.165) is 27.1 Å². The summed E-state index contributed by atoms with van der Waals surface area (Å²) in [6, 6.07) is 15.8. The Morgan fingerprint density at radius 3 is 2.67 bits per heavy atom. The molecule has 0 aromatic heterocycles. The highest BCUT2D eigenvalue weighted by atomic mass is 79.9. The number of amides is 1. The number of benzene rings is 2. The first-order chi connectivity index (χ1) is 11.6. The maximum Gasteiger partial charge on any atom is 0.240 e. The third-order valence-electron chi connectivity index (χ3n) is 3.96. The van der Waals surface area contributed by atoms with E-state index < -0.39 is 0 Å². The maximum atomic E-state index is 12.0. The van der Waals surface area contributed by atoms with E-state index in [4.69, 9.17) is 4.74 Å². The number of carbonyl (C=O) groups is 1. The molecule has 24 heavy (non-hydrogen) atoms. The molecule has 1 aliphatic heterocycles. The topological polar surface area (TPSA) is 41.9 Å². The van der Waals surface area contributed by atoms with Crippen molar-refractivity contribution in [1.82, 2.24) is 5.01 Å². The van der Waals surface area contributed by atoms with E-state index in [1.54, 1.807) is 11.9 Å². The van der Waals surface area contributed by atoms with E-state index in [9.17, 15) is 4.79 Å². The second-order valence-electron chi connectivity index (χ2n) is 5.64. The largest absolute Gasteiger partial charge is 0.494 e. The lowest BCUT2D eigenvalue weighted by atomic mass is 9.98. The number of ether oxygens (including phenoxy) is 1. The zero-order chi connectivity index (χ0) is 17.1. The number of hydrogen-bond donors (Lipinski definition) is 0. The van der Waals surface area contributed by atoms with Crippen molar-refractivity contribution in [2.75, 3.05) is 6.61 Å². The van der Waals surface area contributed by atoms with E-state index in [0.29, 0.717) is 13.0 Å². The predicted octanol–water partition coefficient (Wildman–Crippen LogP) is 4.55. The molecule has 0 saturated carbocycles. The summed E-state index contributed by atoms with van der Waals surface area (Å²) in [5.41, 5.74) is 3.00. The zero-order valence-electron chi connectivity index (χ0n) is 13.7. The number of hydrazone groups is 1. The number of nitrogens with zero attached hydrogens (tertiary/aromatic N) is 2. The Morgan fingerprint density at radius 2 is 2.04 bits per heavy atom. The fraction of sp³-hybridized carbons (Fsp3) is 0.263. The third kappa shape index (κ3) is 3.51. The molecular formula is C19H19BrN2O2. The van der Waals surface area contributed by atoms with E-state index in [1.807, 2.05) is 55.5 Å². The molecule has 5 heteroatoms. The molecule has 1 aliphatic rings. The van der Waals surface area contributed by atoms with Gasteiger partial charge >= 0.3 is 0 Å². The summed E-state index contributed by atoms with van der Waals surface area (Å²) in [6.07, 6.45) is 0.698. The lowest BCUT2D eigenvalue weighted by Gasteiger charge is -2.20. The van der Waals surface area contributed by atoms with Crippen molar-refractivity contribution in [3.8, 4) is 5.75 Å². The van der Waals surface area contributed by atoms with Crippen LogP contribution in [0, 0.1) is 0 Å². The fourth-order valence-electron chi connectivity index (χ4n) is 2.86. The molecule has 0 spiro atoms. The van der Waals surface area contributed by atoms with Crippen molar-refractivity contribution in [1.29, 1.82) is 0 Å². The summed E-state index contributed by atoms with van der Waals surface area (Å²) in [5.74, 6) is 0.785. The van der Waals surface area contributed by atoms with Gasteiger partial charge in [0, 0.05) is 17.8 Å². The van der Waals surface area contributed by atoms with Crippen LogP contribution in [0.5, 0.6) is 5.75 Å². The molecule has 0 bridgehead atoms. The molecular weight excluding hydrogens is 368 g/mol. The van der Waals surface area contributed by atoms with Crippen LogP contribution < -0.4 is 4.74 Å². The Labute approximate surface area is 150 Å². The normalized spacial score (nSPS) is 16.9. The molecule has 124 valence electrons. The summed E-state index contributed by atoms with van der Waals surface area (Å²) >= 11 is 3.49. The smallest absolute Gasteiger partial charge is 0.240 e. The van der Waals surface area contributed by atoms with Crippen molar-refractivity contribution in [2.24, 2.45) is 5.10 Å². The highest BCUT2D eigenvalue weighted by Gasteiger charge is 2.31. The highest BCUT2D eigenvalue weighted by molar-refractivity contribution is 9.10. The molecule has 2 aromatic carbocycles. The third-order valence-corrected chi connectivity index (χ3v) is 4.46. The van der Waals surface area contributed by atoms with Crippen LogP contribution in [-0.2, 0) is 4.79 Å². The molecule has 2 aromatic rings. The van der Waals surface area contributed by atoms with Gasteiger partial charge in [-0.1, -0.05) is 28.1 Å². The van der Waals surface area contributed by atoms with E-state index >= 15 is 0 Å². The molecule has 3 rings (SSSR count). The molecule has 1 atom stereocenters. The minimum absolute atomic E-state index is 0.0547. The van der Waals surface area contributed by atoms with Crippen molar-refractivity contribution >= 4 is 27.5 Å². The average Bonchev–Trinajstić information content (AvgIpc) is 3.01. The molecule has 0 radical (unpaired) electrons. The van der Waals surface area contributed by atoms with Crippen LogP contribution in [0.15, 0.2) is 58.1 Å². The minimum atomic E-state index is -0.0680. The van der Waals surface area contributed by atoms with Crippen LogP contribution in [0.3, 0.4) is 0 Å². The second-order valence-corrected chi connectivity index (χ2v) is 6.56. The summed E-state index contributed by atoms with van der Waals surface area (Å²) in [4.78, 5) is 12.0. The van der Waals surface area contributed by atoms with Crippen molar-refractivity contribution in [3.63, 3.8) is 0 Å². The standard InChI is InChI=1S/C19H19BrN2O2/c1-3-24-17-9-7-14(8-10-17)18-12-19(22(21-18)13(2)23)15-5-4-6-16(20)11-15/h4-11,19H,3,12H2,1-2H3. The van der Waals surface area contributed by atoms with Crippen LogP contribution >= 0.6 is 15.9 Å². The lowest BCUT2D eigenvalue weighted by Crippen LogP contribution is -2.24. The van der Waals surface area contributed by atoms with Gasteiger partial charge in [-0.05, 0) is 54.4 Å². The van der Waals surface area contributed by atoms with Gasteiger partial charge in [0.1, 0.15) is 5.75 Å². The second kappa shape index (κ2) is 7.18. The van der Waals surface area contributed by atoms with Gasteiger partial charge in [-0.3, -0.25) is 4.79 Å². The molecule has 0 fully saturated rings. The van der Waals surface area contributed by atoms with Crippen molar-refractivity contribution < 1.29 is 9.53 Å². The van der Waals surface area contributed by atoms with Gasteiger partial charge in [0.2, 0.25) is 5.91 Å². The number of hydrogen-bond acceptors (Lipinski definition) is 3. The Kier molecular flexibility index (Phi) is 5.00. The molecule has 0 N–H and O–H groups in total. The van der Waals surface area contributed by atoms with Crippen molar-refractivity contribution in [3.05, 3.63) is 64.1 Å². The lowest BCUT2D eigenvalue weighted by molar-refractivity contribution is -0.130. The first kappa shape index (κ1) is 16.7. The Morgan fingerprint density at radius 1 is 1.29 bits per heavy atom. The summed E-state index contributed by atoms with van der Waals surface area (Å²) in [5, 5.41) is 6.14. The van der Waals surface area contributed by atoms with Gasteiger partial charge in [0.15, 0.2) is 0 Å². The van der Waals surface area contributed by atoms with Crippen molar-refractivity contribution in [2.45, 2.75) is 26.3 Å². The molecule has 0 aliphatic carbocycles. The Balaban J connectivity index is 1.88. The Bertz CT molecular complexity index is 771. The van der Waals surface area contributed by atoms with Gasteiger partial charge in [0.25, 0.3) is 0 Å². The predicted molar refractivity (Wildman–Crippen MR) is 98.2 cm³/mol. The molecule has 1 unspecified atom stereocenters. The van der Waals surface area contributed by atoms with Gasteiger partial charge in [0.05, 0.1) is 18.4 Å². The first-order valence-corrected chi connectivity index (χ1v) is 8.73. The number of halogens is 1. The van der Waals surface area contributed by atoms with Gasteiger partial charge in [-0.15, -0.1) is 0 Å². The van der Waals surface area contributed by atoms with Gasteiger partial charge in [-0.2, -0.15) is 5.10 Å². The summed E-state index contributed by atoms with van der Waals surface area (Å²) in [7, 11) is 0. The van der Waals surface area contributed by atoms with E-state index in [2.05, 4.69) is 21.0 Å². The average molecular weight is 387 g/mol. The number of carbonyl (C=O) groups excluding carboxylic acids is 1. The van der Waals surface area contributed by atoms with E-state index in [-0.39, 0.29) is 11.9 Å². The minimum Gasteiger partial charge on any atom is -0.494 e. The maximum absolute atomic E-state index is 12.0. The zero-order valence-corrected chi connectivity index (χ0v) is 15.3. The highest BCUT2D eigenvalue weighted by Crippen LogP contribution is 2.34. The molecule has 1 amide bonds. The van der Waals surface area contributed by atoms with Crippen LogP contribution in [0.1, 0.15) is 37.4 Å². The van der Waals surface area contributed by atoms with Crippen LogP contribution in [0.2, 0.25) is 0 Å². The molecule has 4 nitrogen and oxygen atoms in total. The van der Waals surface area contributed by atoms with Gasteiger partial charge < -0.3 is 4.74 Å². The van der Waals surface area contributed by atoms with Crippen LogP contribution in [0.25, 0.3) is 0 Å². The quantitative estimate of drug-likeness (QED) is 0.773. The SMILES string of the molecule is CCOc1ccc(C2=NN(C(C)=O)C(c3cccc(Br)c3)C2)cc1. The monoisotopic (exact) mass is 386 g/mol. The first-order valence-electron chi connectivity index (χ1n) is 7.94. The number of rotatable bonds is 4. The van der Waals surface area contributed by atoms with E-state index in [1.165, 1.54) is 0 Å². The summed E-state index contributed by atoms with van der Waals surface area (Å²) in [6.45, 7) is 4.15.